The summed E-state index contributed by atoms with van der Waals surface area (Å²) in [7, 11) is 0. The van der Waals surface area contributed by atoms with Gasteiger partial charge in [-0.25, -0.2) is 0 Å². The number of hydrogen-bond donors (Lipinski definition) is 0. The summed E-state index contributed by atoms with van der Waals surface area (Å²) in [6, 6.07) is 0. The van der Waals surface area contributed by atoms with E-state index >= 15 is 0 Å². The third kappa shape index (κ3) is 3.27. The molecule has 178 valence electrons. The molecule has 0 unspecified atom stereocenters. The Kier molecular flexibility index (Phi) is 5.82. The molecule has 0 radical (unpaired) electrons. The predicted molar refractivity (Wildman–Crippen MR) is 117 cm³/mol. The van der Waals surface area contributed by atoms with E-state index in [2.05, 4.69) is 13.8 Å². The molecular weight excluding hydrogens is 408 g/mol. The van der Waals surface area contributed by atoms with Gasteiger partial charge in [0.2, 0.25) is 0 Å². The zero-order valence-corrected chi connectivity index (χ0v) is 20.2. The van der Waals surface area contributed by atoms with Crippen LogP contribution in [0.5, 0.6) is 0 Å². The van der Waals surface area contributed by atoms with Crippen LogP contribution in [0, 0.1) is 34.5 Å². The summed E-state index contributed by atoms with van der Waals surface area (Å²) in [5.41, 5.74) is -1.78. The first-order valence-electron chi connectivity index (χ1n) is 12.4. The van der Waals surface area contributed by atoms with Crippen LogP contribution in [0.3, 0.4) is 0 Å². The van der Waals surface area contributed by atoms with Gasteiger partial charge in [-0.3, -0.25) is 19.2 Å². The third-order valence-electron chi connectivity index (χ3n) is 9.92. The normalized spacial score (nSPS) is 45.3. The van der Waals surface area contributed by atoms with Crippen LogP contribution in [0.2, 0.25) is 0 Å². The molecule has 4 saturated carbocycles. The molecule has 0 aliphatic heterocycles. The molecule has 6 heteroatoms. The van der Waals surface area contributed by atoms with Crippen LogP contribution in [0.1, 0.15) is 92.4 Å². The van der Waals surface area contributed by atoms with E-state index in [0.29, 0.717) is 43.8 Å². The number of ketones is 2. The Bertz CT molecular complexity index is 834. The highest BCUT2D eigenvalue weighted by Crippen LogP contribution is 2.69. The van der Waals surface area contributed by atoms with Crippen molar-refractivity contribution in [3.63, 3.8) is 0 Å². The van der Waals surface area contributed by atoms with E-state index in [-0.39, 0.29) is 41.0 Å². The second-order valence-electron chi connectivity index (χ2n) is 11.3. The SMILES string of the molecule is CCC(=O)[C@]1(OC(C)=O)CC[C@H]2[C@@H]3CC[C@H]4CC(=O)CC[C@]4(C)[C@H]3[C@@H](OC(C)=O)C[C@@]21C. The monoisotopic (exact) mass is 446 g/mol. The van der Waals surface area contributed by atoms with Crippen molar-refractivity contribution in [2.24, 2.45) is 34.5 Å². The average Bonchev–Trinajstić information content (AvgIpc) is 2.99. The van der Waals surface area contributed by atoms with Gasteiger partial charge in [-0.05, 0) is 61.7 Å². The van der Waals surface area contributed by atoms with Gasteiger partial charge in [0.05, 0.1) is 0 Å². The summed E-state index contributed by atoms with van der Waals surface area (Å²) in [6.45, 7) is 9.03. The van der Waals surface area contributed by atoms with E-state index in [0.717, 1.165) is 25.7 Å². The van der Waals surface area contributed by atoms with E-state index in [9.17, 15) is 19.2 Å². The molecule has 6 nitrogen and oxygen atoms in total. The number of ether oxygens (including phenoxy) is 2. The summed E-state index contributed by atoms with van der Waals surface area (Å²) < 4.78 is 11.9. The Hall–Kier alpha value is -1.72. The topological polar surface area (TPSA) is 86.7 Å². The second-order valence-corrected chi connectivity index (χ2v) is 11.3. The smallest absolute Gasteiger partial charge is 0.303 e. The summed E-state index contributed by atoms with van der Waals surface area (Å²) in [5.74, 6) is 0.581. The van der Waals surface area contributed by atoms with Gasteiger partial charge in [0.15, 0.2) is 11.4 Å². The van der Waals surface area contributed by atoms with E-state index in [1.807, 2.05) is 6.92 Å². The van der Waals surface area contributed by atoms with E-state index < -0.39 is 17.0 Å². The van der Waals surface area contributed by atoms with E-state index in [4.69, 9.17) is 9.47 Å². The Labute approximate surface area is 191 Å². The highest BCUT2D eigenvalue weighted by atomic mass is 16.6. The van der Waals surface area contributed by atoms with Crippen LogP contribution >= 0.6 is 0 Å². The van der Waals surface area contributed by atoms with Gasteiger partial charge >= 0.3 is 11.9 Å². The molecule has 0 spiro atoms. The van der Waals surface area contributed by atoms with E-state index in [1.165, 1.54) is 13.8 Å². The summed E-state index contributed by atoms with van der Waals surface area (Å²) in [5, 5.41) is 0. The summed E-state index contributed by atoms with van der Waals surface area (Å²) in [4.78, 5) is 49.9. The minimum Gasteiger partial charge on any atom is -0.462 e. The fraction of sp³-hybridized carbons (Fsp3) is 0.846. The molecule has 0 N–H and O–H groups in total. The lowest BCUT2D eigenvalue weighted by Crippen LogP contribution is -2.64. The van der Waals surface area contributed by atoms with Crippen LogP contribution in [-0.2, 0) is 28.7 Å². The summed E-state index contributed by atoms with van der Waals surface area (Å²) >= 11 is 0. The van der Waals surface area contributed by atoms with Crippen molar-refractivity contribution < 1.29 is 28.7 Å². The van der Waals surface area contributed by atoms with Gasteiger partial charge in [0.1, 0.15) is 11.9 Å². The maximum atomic E-state index is 13.3. The fourth-order valence-electron chi connectivity index (χ4n) is 8.66. The van der Waals surface area contributed by atoms with Crippen LogP contribution in [0.25, 0.3) is 0 Å². The first-order valence-corrected chi connectivity index (χ1v) is 12.4. The van der Waals surface area contributed by atoms with Crippen molar-refractivity contribution in [1.29, 1.82) is 0 Å². The molecule has 4 aliphatic carbocycles. The highest BCUT2D eigenvalue weighted by molar-refractivity contribution is 5.91. The van der Waals surface area contributed by atoms with Crippen molar-refractivity contribution in [1.82, 2.24) is 0 Å². The van der Waals surface area contributed by atoms with Crippen molar-refractivity contribution in [2.75, 3.05) is 0 Å². The largest absolute Gasteiger partial charge is 0.462 e. The van der Waals surface area contributed by atoms with Crippen LogP contribution in [-0.4, -0.2) is 35.2 Å². The molecule has 4 rings (SSSR count). The quantitative estimate of drug-likeness (QED) is 0.594. The Morgan fingerprint density at radius 2 is 1.75 bits per heavy atom. The van der Waals surface area contributed by atoms with E-state index in [1.54, 1.807) is 0 Å². The Morgan fingerprint density at radius 1 is 1.03 bits per heavy atom. The Balaban J connectivity index is 1.79. The van der Waals surface area contributed by atoms with Crippen molar-refractivity contribution >= 4 is 23.5 Å². The number of hydrogen-bond acceptors (Lipinski definition) is 6. The highest BCUT2D eigenvalue weighted by Gasteiger charge is 2.71. The fourth-order valence-corrected chi connectivity index (χ4v) is 8.66. The molecule has 4 aliphatic rings. The lowest BCUT2D eigenvalue weighted by atomic mass is 9.43. The van der Waals surface area contributed by atoms with Gasteiger partial charge in [0, 0.05) is 44.4 Å². The molecule has 0 amide bonds. The first kappa shape index (κ1) is 23.4. The molecule has 0 aromatic rings. The van der Waals surface area contributed by atoms with Crippen molar-refractivity contribution in [3.8, 4) is 0 Å². The van der Waals surface area contributed by atoms with Crippen molar-refractivity contribution in [2.45, 2.75) is 104 Å². The molecule has 0 aromatic carbocycles. The summed E-state index contributed by atoms with van der Waals surface area (Å²) in [6.07, 6.45) is 5.88. The van der Waals surface area contributed by atoms with Gasteiger partial charge in [-0.1, -0.05) is 20.8 Å². The molecule has 32 heavy (non-hydrogen) atoms. The van der Waals surface area contributed by atoms with Crippen LogP contribution in [0.4, 0.5) is 0 Å². The van der Waals surface area contributed by atoms with Crippen molar-refractivity contribution in [3.05, 3.63) is 0 Å². The Morgan fingerprint density at radius 3 is 2.38 bits per heavy atom. The van der Waals surface area contributed by atoms with Gasteiger partial charge < -0.3 is 9.47 Å². The maximum absolute atomic E-state index is 13.3. The molecule has 0 heterocycles. The number of fused-ring (bicyclic) bond motifs is 5. The average molecular weight is 447 g/mol. The molecule has 8 atom stereocenters. The molecule has 4 fully saturated rings. The molecule has 0 saturated heterocycles. The van der Waals surface area contributed by atoms with Gasteiger partial charge in [-0.2, -0.15) is 0 Å². The van der Waals surface area contributed by atoms with Crippen LogP contribution < -0.4 is 0 Å². The minimum atomic E-state index is -1.15. The predicted octanol–water partition coefficient (Wildman–Crippen LogP) is 4.42. The zero-order valence-electron chi connectivity index (χ0n) is 20.2. The minimum absolute atomic E-state index is 0.0270. The number of Topliss-reactive ketones (excluding diaryl/α,β-unsaturated/α-hetero) is 2. The number of rotatable bonds is 4. The third-order valence-corrected chi connectivity index (χ3v) is 9.92. The maximum Gasteiger partial charge on any atom is 0.303 e. The first-order chi connectivity index (χ1) is 15.0. The zero-order chi connectivity index (χ0) is 23.5. The molecule has 0 bridgehead atoms. The molecular formula is C26H38O6. The number of carbonyl (C=O) groups is 4. The number of carbonyl (C=O) groups excluding carboxylic acids is 4. The number of esters is 2. The standard InChI is InChI=1S/C26H38O6/c1-6-22(30)26(32-16(3)28)12-10-20-19-8-7-17-13-18(29)9-11-24(17,4)23(19)21(31-15(2)27)14-25(20,26)5/h17,19-21,23H,6-14H2,1-5H3/t17-,19-,20-,21-,23+,24-,25-,26+/m0/s1. The van der Waals surface area contributed by atoms with Gasteiger partial charge in [-0.15, -0.1) is 0 Å². The van der Waals surface area contributed by atoms with Crippen LogP contribution in [0.15, 0.2) is 0 Å². The lowest BCUT2D eigenvalue weighted by Gasteiger charge is -2.62. The molecule has 0 aromatic heterocycles. The second kappa shape index (κ2) is 7.95. The lowest BCUT2D eigenvalue weighted by molar-refractivity contribution is -0.217. The van der Waals surface area contributed by atoms with Gasteiger partial charge in [0.25, 0.3) is 0 Å².